The van der Waals surface area contributed by atoms with Crippen molar-refractivity contribution in [1.29, 1.82) is 0 Å². The minimum Gasteiger partial charge on any atom is -0.399 e. The number of anilines is 1. The van der Waals surface area contributed by atoms with E-state index < -0.39 is 5.82 Å². The Bertz CT molecular complexity index is 820. The van der Waals surface area contributed by atoms with Crippen molar-refractivity contribution in [2.24, 2.45) is 0 Å². The van der Waals surface area contributed by atoms with Crippen LogP contribution in [0.15, 0.2) is 40.9 Å². The lowest BCUT2D eigenvalue weighted by molar-refractivity contribution is 0.627. The molecule has 0 radical (unpaired) electrons. The molecule has 8 heteroatoms. The molecule has 0 bridgehead atoms. The van der Waals surface area contributed by atoms with Gasteiger partial charge in [0.05, 0.1) is 10.7 Å². The summed E-state index contributed by atoms with van der Waals surface area (Å²) in [6, 6.07) is 9.57. The molecule has 2 N–H and O–H groups in total. The van der Waals surface area contributed by atoms with E-state index in [1.165, 1.54) is 16.8 Å². The molecule has 0 aliphatic carbocycles. The molecule has 1 aromatic heterocycles. The standard InChI is InChI=1S/C13H8BrClFN5/c14-10-3-1-7(17)5-9(10)13-18-19-20-21(13)8-2-4-12(16)11(15)6-8/h1-6H,17H2. The van der Waals surface area contributed by atoms with E-state index in [1.54, 1.807) is 24.3 Å². The number of hydrogen-bond acceptors (Lipinski definition) is 4. The lowest BCUT2D eigenvalue weighted by atomic mass is 10.2. The van der Waals surface area contributed by atoms with Gasteiger partial charge in [-0.15, -0.1) is 5.10 Å². The number of tetrazole rings is 1. The third kappa shape index (κ3) is 2.62. The average molecular weight is 369 g/mol. The molecule has 106 valence electrons. The second kappa shape index (κ2) is 5.42. The SMILES string of the molecule is Nc1ccc(Br)c(-c2nnnn2-c2ccc(F)c(Cl)c2)c1. The van der Waals surface area contributed by atoms with Crippen LogP contribution >= 0.6 is 27.5 Å². The molecule has 0 atom stereocenters. The summed E-state index contributed by atoms with van der Waals surface area (Å²) in [4.78, 5) is 0. The van der Waals surface area contributed by atoms with E-state index in [0.717, 1.165) is 10.0 Å². The van der Waals surface area contributed by atoms with Gasteiger partial charge >= 0.3 is 0 Å². The highest BCUT2D eigenvalue weighted by atomic mass is 79.9. The first kappa shape index (κ1) is 14.0. The third-order valence-corrected chi connectivity index (χ3v) is 3.83. The minimum atomic E-state index is -0.500. The molecule has 0 aliphatic rings. The van der Waals surface area contributed by atoms with Gasteiger partial charge in [-0.25, -0.2) is 4.39 Å². The van der Waals surface area contributed by atoms with Gasteiger partial charge in [0.25, 0.3) is 0 Å². The van der Waals surface area contributed by atoms with Crippen molar-refractivity contribution in [3.63, 3.8) is 0 Å². The predicted octanol–water partition coefficient (Wildman–Crippen LogP) is 3.47. The fourth-order valence-corrected chi connectivity index (χ4v) is 2.46. The zero-order chi connectivity index (χ0) is 15.0. The molecule has 0 spiro atoms. The van der Waals surface area contributed by atoms with Crippen LogP contribution in [0.25, 0.3) is 17.1 Å². The molecular weight excluding hydrogens is 361 g/mol. The first-order valence-electron chi connectivity index (χ1n) is 5.85. The van der Waals surface area contributed by atoms with Crippen LogP contribution in [0, 0.1) is 5.82 Å². The lowest BCUT2D eigenvalue weighted by Crippen LogP contribution is -2.01. The summed E-state index contributed by atoms with van der Waals surface area (Å²) in [6.07, 6.45) is 0. The summed E-state index contributed by atoms with van der Waals surface area (Å²) in [7, 11) is 0. The van der Waals surface area contributed by atoms with Gasteiger partial charge in [0.1, 0.15) is 5.82 Å². The molecule has 0 saturated heterocycles. The smallest absolute Gasteiger partial charge is 0.188 e. The molecular formula is C13H8BrClFN5. The molecule has 0 aliphatic heterocycles. The van der Waals surface area contributed by atoms with Gasteiger partial charge in [0, 0.05) is 15.7 Å². The second-order valence-corrected chi connectivity index (χ2v) is 5.51. The Morgan fingerprint density at radius 3 is 2.76 bits per heavy atom. The van der Waals surface area contributed by atoms with E-state index in [1.807, 2.05) is 0 Å². The van der Waals surface area contributed by atoms with Gasteiger partial charge < -0.3 is 5.73 Å². The van der Waals surface area contributed by atoms with Gasteiger partial charge in [-0.3, -0.25) is 0 Å². The molecule has 0 amide bonds. The molecule has 0 saturated carbocycles. The van der Waals surface area contributed by atoms with Crippen LogP contribution < -0.4 is 5.73 Å². The maximum absolute atomic E-state index is 13.3. The number of nitrogens with two attached hydrogens (primary N) is 1. The first-order chi connectivity index (χ1) is 10.1. The Labute approximate surface area is 132 Å². The maximum atomic E-state index is 13.3. The van der Waals surface area contributed by atoms with E-state index in [9.17, 15) is 4.39 Å². The number of aromatic nitrogens is 4. The van der Waals surface area contributed by atoms with Crippen molar-refractivity contribution < 1.29 is 4.39 Å². The van der Waals surface area contributed by atoms with Gasteiger partial charge in [-0.1, -0.05) is 27.5 Å². The summed E-state index contributed by atoms with van der Waals surface area (Å²) in [5.41, 5.74) is 7.65. The predicted molar refractivity (Wildman–Crippen MR) is 81.7 cm³/mol. The third-order valence-electron chi connectivity index (χ3n) is 2.85. The Balaban J connectivity index is 2.17. The van der Waals surface area contributed by atoms with Gasteiger partial charge in [0.2, 0.25) is 0 Å². The molecule has 0 unspecified atom stereocenters. The Hall–Kier alpha value is -1.99. The normalized spacial score (nSPS) is 10.8. The lowest BCUT2D eigenvalue weighted by Gasteiger charge is -2.07. The highest BCUT2D eigenvalue weighted by Gasteiger charge is 2.15. The van der Waals surface area contributed by atoms with E-state index >= 15 is 0 Å². The van der Waals surface area contributed by atoms with E-state index in [0.29, 0.717) is 17.2 Å². The van der Waals surface area contributed by atoms with E-state index in [4.69, 9.17) is 17.3 Å². The quantitative estimate of drug-likeness (QED) is 0.703. The topological polar surface area (TPSA) is 69.6 Å². The van der Waals surface area contributed by atoms with Gasteiger partial charge in [-0.05, 0) is 46.8 Å². The van der Waals surface area contributed by atoms with Crippen LogP contribution in [0.4, 0.5) is 10.1 Å². The van der Waals surface area contributed by atoms with Crippen LogP contribution in [-0.4, -0.2) is 20.2 Å². The maximum Gasteiger partial charge on any atom is 0.188 e. The van der Waals surface area contributed by atoms with Crippen molar-refractivity contribution in [3.05, 3.63) is 51.7 Å². The second-order valence-electron chi connectivity index (χ2n) is 4.25. The Kier molecular flexibility index (Phi) is 3.60. The zero-order valence-electron chi connectivity index (χ0n) is 10.5. The van der Waals surface area contributed by atoms with Crippen LogP contribution in [0.3, 0.4) is 0 Å². The zero-order valence-corrected chi connectivity index (χ0v) is 12.8. The Morgan fingerprint density at radius 1 is 1.19 bits per heavy atom. The summed E-state index contributed by atoms with van der Waals surface area (Å²) in [6.45, 7) is 0. The van der Waals surface area contributed by atoms with Crippen molar-refractivity contribution in [2.45, 2.75) is 0 Å². The van der Waals surface area contributed by atoms with Crippen molar-refractivity contribution in [3.8, 4) is 17.1 Å². The molecule has 21 heavy (non-hydrogen) atoms. The molecule has 0 fully saturated rings. The molecule has 3 aromatic rings. The number of halogens is 3. The minimum absolute atomic E-state index is 0.000547. The molecule has 5 nitrogen and oxygen atoms in total. The van der Waals surface area contributed by atoms with Crippen LogP contribution in [-0.2, 0) is 0 Å². The van der Waals surface area contributed by atoms with Gasteiger partial charge in [-0.2, -0.15) is 4.68 Å². The van der Waals surface area contributed by atoms with Crippen LogP contribution in [0.1, 0.15) is 0 Å². The summed E-state index contributed by atoms with van der Waals surface area (Å²) in [5.74, 6) is -0.0305. The largest absolute Gasteiger partial charge is 0.399 e. The summed E-state index contributed by atoms with van der Waals surface area (Å²) >= 11 is 9.23. The van der Waals surface area contributed by atoms with Crippen molar-refractivity contribution in [2.75, 3.05) is 5.73 Å². The van der Waals surface area contributed by atoms with E-state index in [2.05, 4.69) is 31.5 Å². The molecule has 3 rings (SSSR count). The van der Waals surface area contributed by atoms with Crippen LogP contribution in [0.5, 0.6) is 0 Å². The number of nitrogens with zero attached hydrogens (tertiary/aromatic N) is 4. The fraction of sp³-hybridized carbons (Fsp3) is 0. The monoisotopic (exact) mass is 367 g/mol. The molecule has 1 heterocycles. The number of rotatable bonds is 2. The van der Waals surface area contributed by atoms with Crippen molar-refractivity contribution in [1.82, 2.24) is 20.2 Å². The number of benzene rings is 2. The fourth-order valence-electron chi connectivity index (χ4n) is 1.86. The summed E-state index contributed by atoms with van der Waals surface area (Å²) < 4.78 is 15.5. The number of hydrogen-bond donors (Lipinski definition) is 1. The van der Waals surface area contributed by atoms with Gasteiger partial charge in [0.15, 0.2) is 5.82 Å². The number of nitrogen functional groups attached to an aromatic ring is 1. The van der Waals surface area contributed by atoms with E-state index in [-0.39, 0.29) is 5.02 Å². The highest BCUT2D eigenvalue weighted by molar-refractivity contribution is 9.10. The highest BCUT2D eigenvalue weighted by Crippen LogP contribution is 2.30. The summed E-state index contributed by atoms with van der Waals surface area (Å²) in [5, 5.41) is 11.6. The molecule has 2 aromatic carbocycles. The first-order valence-corrected chi connectivity index (χ1v) is 7.02. The Morgan fingerprint density at radius 2 is 2.00 bits per heavy atom. The van der Waals surface area contributed by atoms with Crippen molar-refractivity contribution >= 4 is 33.2 Å². The van der Waals surface area contributed by atoms with Crippen LogP contribution in [0.2, 0.25) is 5.02 Å². The average Bonchev–Trinajstić information content (AvgIpc) is 2.93.